The van der Waals surface area contributed by atoms with Gasteiger partial charge in [-0.25, -0.2) is 4.98 Å². The topological polar surface area (TPSA) is 118 Å². The molecule has 1 fully saturated rings. The summed E-state index contributed by atoms with van der Waals surface area (Å²) >= 11 is 3.39. The summed E-state index contributed by atoms with van der Waals surface area (Å²) in [5.74, 6) is 0.714. The first kappa shape index (κ1) is 28.0. The Morgan fingerprint density at radius 3 is 2.59 bits per heavy atom. The van der Waals surface area contributed by atoms with Crippen molar-refractivity contribution in [2.24, 2.45) is 0 Å². The number of aromatic nitrogens is 1. The molecule has 0 radical (unpaired) electrons. The number of rotatable bonds is 7. The van der Waals surface area contributed by atoms with E-state index in [0.717, 1.165) is 21.5 Å². The van der Waals surface area contributed by atoms with Crippen molar-refractivity contribution in [1.29, 1.82) is 0 Å². The Labute approximate surface area is 208 Å². The Bertz CT molecular complexity index is 917. The van der Waals surface area contributed by atoms with Gasteiger partial charge in [0.25, 0.3) is 0 Å². The molecule has 0 spiro atoms. The van der Waals surface area contributed by atoms with Gasteiger partial charge in [0.05, 0.1) is 6.04 Å². The highest BCUT2D eigenvalue weighted by molar-refractivity contribution is 9.10. The molecule has 11 heteroatoms. The van der Waals surface area contributed by atoms with Crippen molar-refractivity contribution >= 4 is 58.4 Å². The van der Waals surface area contributed by atoms with E-state index in [9.17, 15) is 9.59 Å². The van der Waals surface area contributed by atoms with Crippen LogP contribution in [-0.4, -0.2) is 41.5 Å². The van der Waals surface area contributed by atoms with Crippen molar-refractivity contribution in [1.82, 2.24) is 20.9 Å². The van der Waals surface area contributed by atoms with Crippen LogP contribution in [-0.2, 0) is 16.1 Å². The highest BCUT2D eigenvalue weighted by Gasteiger charge is 2.32. The Balaban J connectivity index is 0.00000256. The highest BCUT2D eigenvalue weighted by Crippen LogP contribution is 2.20. The van der Waals surface area contributed by atoms with Crippen molar-refractivity contribution in [2.75, 3.05) is 12.3 Å². The molecule has 5 N–H and O–H groups in total. The number of pyridine rings is 1. The van der Waals surface area contributed by atoms with Crippen molar-refractivity contribution in [3.8, 4) is 5.75 Å². The molecule has 1 aliphatic heterocycles. The van der Waals surface area contributed by atoms with Gasteiger partial charge in [0, 0.05) is 29.7 Å². The zero-order valence-electron chi connectivity index (χ0n) is 17.8. The van der Waals surface area contributed by atoms with E-state index in [1.54, 1.807) is 13.0 Å². The van der Waals surface area contributed by atoms with Crippen LogP contribution in [0.25, 0.3) is 0 Å². The predicted molar refractivity (Wildman–Crippen MR) is 132 cm³/mol. The molecule has 2 heterocycles. The maximum absolute atomic E-state index is 12.5. The number of ether oxygens (including phenoxy) is 1. The largest absolute Gasteiger partial charge is 0.489 e. The van der Waals surface area contributed by atoms with Gasteiger partial charge < -0.3 is 26.4 Å². The SMILES string of the molecule is Cc1nc(N)ccc1CNC(=O)[C@H](C)NC(=O)[C@H]1C[C@H](Oc2ccc(Br)cc2)CN1.Cl.Cl. The van der Waals surface area contributed by atoms with E-state index in [1.807, 2.05) is 37.3 Å². The third kappa shape index (κ3) is 7.81. The molecule has 3 rings (SSSR count). The van der Waals surface area contributed by atoms with Crippen LogP contribution < -0.4 is 26.4 Å². The number of hydrogen-bond acceptors (Lipinski definition) is 6. The van der Waals surface area contributed by atoms with Gasteiger partial charge in [0.15, 0.2) is 0 Å². The minimum atomic E-state index is -0.659. The monoisotopic (exact) mass is 547 g/mol. The second-order valence-corrected chi connectivity index (χ2v) is 8.23. The summed E-state index contributed by atoms with van der Waals surface area (Å²) in [6.07, 6.45) is 0.430. The van der Waals surface area contributed by atoms with E-state index in [4.69, 9.17) is 10.5 Å². The summed E-state index contributed by atoms with van der Waals surface area (Å²) in [6, 6.07) is 10.0. The lowest BCUT2D eigenvalue weighted by Crippen LogP contribution is -2.50. The Hall–Kier alpha value is -2.07. The fourth-order valence-electron chi connectivity index (χ4n) is 3.21. The molecule has 2 amide bonds. The van der Waals surface area contributed by atoms with Gasteiger partial charge in [-0.3, -0.25) is 9.59 Å². The molecule has 176 valence electrons. The molecule has 2 aromatic rings. The zero-order chi connectivity index (χ0) is 21.7. The lowest BCUT2D eigenvalue weighted by atomic mass is 10.1. The number of hydrogen-bond donors (Lipinski definition) is 4. The summed E-state index contributed by atoms with van der Waals surface area (Å²) in [6.45, 7) is 4.38. The quantitative estimate of drug-likeness (QED) is 0.422. The molecule has 1 saturated heterocycles. The maximum Gasteiger partial charge on any atom is 0.242 e. The molecule has 0 bridgehead atoms. The van der Waals surface area contributed by atoms with Crippen LogP contribution in [0, 0.1) is 6.92 Å². The van der Waals surface area contributed by atoms with Gasteiger partial charge in [-0.15, -0.1) is 24.8 Å². The number of halogens is 3. The fraction of sp³-hybridized carbons (Fsp3) is 0.381. The number of nitrogen functional groups attached to an aromatic ring is 1. The normalized spacial score (nSPS) is 18.0. The molecule has 1 aromatic carbocycles. The van der Waals surface area contributed by atoms with Crippen LogP contribution >= 0.6 is 40.7 Å². The lowest BCUT2D eigenvalue weighted by molar-refractivity contribution is -0.129. The van der Waals surface area contributed by atoms with Crippen molar-refractivity contribution < 1.29 is 14.3 Å². The average molecular weight is 549 g/mol. The number of benzene rings is 1. The summed E-state index contributed by atoms with van der Waals surface area (Å²) in [7, 11) is 0. The summed E-state index contributed by atoms with van der Waals surface area (Å²) in [4.78, 5) is 29.1. The van der Waals surface area contributed by atoms with Crippen LogP contribution in [0.5, 0.6) is 5.75 Å². The van der Waals surface area contributed by atoms with E-state index in [2.05, 4.69) is 36.9 Å². The molecule has 8 nitrogen and oxygen atoms in total. The van der Waals surface area contributed by atoms with Gasteiger partial charge in [0.2, 0.25) is 11.8 Å². The number of anilines is 1. The van der Waals surface area contributed by atoms with Gasteiger partial charge in [0.1, 0.15) is 23.7 Å². The minimum absolute atomic E-state index is 0. The lowest BCUT2D eigenvalue weighted by Gasteiger charge is -2.17. The van der Waals surface area contributed by atoms with Gasteiger partial charge in [-0.1, -0.05) is 22.0 Å². The molecular weight excluding hydrogens is 521 g/mol. The minimum Gasteiger partial charge on any atom is -0.489 e. The molecule has 1 aromatic heterocycles. The van der Waals surface area contributed by atoms with Crippen LogP contribution in [0.2, 0.25) is 0 Å². The third-order valence-corrected chi connectivity index (χ3v) is 5.47. The first-order valence-electron chi connectivity index (χ1n) is 9.77. The molecule has 3 atom stereocenters. The molecule has 0 unspecified atom stereocenters. The molecule has 0 aliphatic carbocycles. The number of carbonyl (C=O) groups is 2. The van der Waals surface area contributed by atoms with Crippen LogP contribution in [0.4, 0.5) is 5.82 Å². The predicted octanol–water partition coefficient (Wildman–Crippen LogP) is 2.51. The number of carbonyl (C=O) groups excluding carboxylic acids is 2. The zero-order valence-corrected chi connectivity index (χ0v) is 21.0. The second kappa shape index (κ2) is 12.8. The first-order chi connectivity index (χ1) is 14.3. The van der Waals surface area contributed by atoms with Gasteiger partial charge >= 0.3 is 0 Å². The third-order valence-electron chi connectivity index (χ3n) is 4.95. The van der Waals surface area contributed by atoms with Gasteiger partial charge in [-0.05, 0) is 49.7 Å². The van der Waals surface area contributed by atoms with E-state index < -0.39 is 12.1 Å². The van der Waals surface area contributed by atoms with Crippen molar-refractivity contribution in [3.63, 3.8) is 0 Å². The van der Waals surface area contributed by atoms with E-state index in [-0.39, 0.29) is 42.7 Å². The molecular formula is C21H28BrCl2N5O3. The Morgan fingerprint density at radius 2 is 1.94 bits per heavy atom. The summed E-state index contributed by atoms with van der Waals surface area (Å²) in [5, 5.41) is 8.74. The summed E-state index contributed by atoms with van der Waals surface area (Å²) < 4.78 is 6.89. The fourth-order valence-corrected chi connectivity index (χ4v) is 3.47. The Morgan fingerprint density at radius 1 is 1.25 bits per heavy atom. The van der Waals surface area contributed by atoms with E-state index in [1.165, 1.54) is 0 Å². The number of amides is 2. The molecule has 0 saturated carbocycles. The van der Waals surface area contributed by atoms with Crippen molar-refractivity contribution in [2.45, 2.75) is 45.0 Å². The number of nitrogens with zero attached hydrogens (tertiary/aromatic N) is 1. The summed E-state index contributed by atoms with van der Waals surface area (Å²) in [5.41, 5.74) is 7.28. The molecule has 32 heavy (non-hydrogen) atoms. The second-order valence-electron chi connectivity index (χ2n) is 7.32. The van der Waals surface area contributed by atoms with E-state index in [0.29, 0.717) is 25.3 Å². The Kier molecular flexibility index (Phi) is 11.2. The van der Waals surface area contributed by atoms with Crippen molar-refractivity contribution in [3.05, 3.63) is 52.1 Å². The maximum atomic E-state index is 12.5. The van der Waals surface area contributed by atoms with Gasteiger partial charge in [-0.2, -0.15) is 0 Å². The highest BCUT2D eigenvalue weighted by atomic mass is 79.9. The van der Waals surface area contributed by atoms with Crippen LogP contribution in [0.1, 0.15) is 24.6 Å². The first-order valence-corrected chi connectivity index (χ1v) is 10.6. The number of aryl methyl sites for hydroxylation is 1. The average Bonchev–Trinajstić information content (AvgIpc) is 3.17. The number of nitrogens with two attached hydrogens (primary N) is 1. The standard InChI is InChI=1S/C21H26BrN5O3.2ClH/c1-12-14(3-8-19(23)26-12)10-25-20(28)13(2)27-21(29)18-9-17(11-24-18)30-16-6-4-15(22)5-7-16;;/h3-8,13,17-18,24H,9-11H2,1-2H3,(H2,23,26)(H,25,28)(H,27,29);2*1H/t13-,17-,18+;;/m0../s1. The van der Waals surface area contributed by atoms with Crippen LogP contribution in [0.15, 0.2) is 40.9 Å². The molecule has 1 aliphatic rings. The van der Waals surface area contributed by atoms with E-state index >= 15 is 0 Å². The van der Waals surface area contributed by atoms with Crippen LogP contribution in [0.3, 0.4) is 0 Å². The number of nitrogens with one attached hydrogen (secondary N) is 3. The smallest absolute Gasteiger partial charge is 0.242 e.